The summed E-state index contributed by atoms with van der Waals surface area (Å²) in [5.41, 5.74) is 3.85. The van der Waals surface area contributed by atoms with Crippen LogP contribution in [0.2, 0.25) is 0 Å². The summed E-state index contributed by atoms with van der Waals surface area (Å²) in [6.45, 7) is 5.59. The third kappa shape index (κ3) is 4.58. The molecular weight excluding hydrogens is 444 g/mol. The van der Waals surface area contributed by atoms with Crippen LogP contribution in [0.25, 0.3) is 22.3 Å². The lowest BCUT2D eigenvalue weighted by Gasteiger charge is -2.34. The van der Waals surface area contributed by atoms with Gasteiger partial charge in [0.25, 0.3) is 11.5 Å². The number of piperazine rings is 1. The van der Waals surface area contributed by atoms with Crippen LogP contribution in [0.4, 0.5) is 0 Å². The SMILES string of the molecule is Cc1ccc(-c2csc3ncc(C(=O)N4CCN(C/C=C/c5ccccc5)CC4)c(=O)n23)cc1. The van der Waals surface area contributed by atoms with E-state index in [-0.39, 0.29) is 17.0 Å². The molecule has 1 saturated heterocycles. The predicted octanol–water partition coefficient (Wildman–Crippen LogP) is 4.20. The van der Waals surface area contributed by atoms with Gasteiger partial charge in [-0.15, -0.1) is 11.3 Å². The lowest BCUT2D eigenvalue weighted by molar-refractivity contribution is 0.0648. The standard InChI is InChI=1S/C27H26N4O2S/c1-20-9-11-22(12-10-20)24-19-34-27-28-18-23(26(33)31(24)27)25(32)30-16-14-29(15-17-30)13-5-8-21-6-3-2-4-7-21/h2-12,18-19H,13-17H2,1H3/b8-5+. The highest BCUT2D eigenvalue weighted by atomic mass is 32.1. The van der Waals surface area contributed by atoms with Crippen LogP contribution < -0.4 is 5.56 Å². The number of benzene rings is 2. The molecule has 3 heterocycles. The molecule has 0 bridgehead atoms. The molecule has 1 amide bonds. The number of rotatable bonds is 5. The molecule has 7 heteroatoms. The summed E-state index contributed by atoms with van der Waals surface area (Å²) in [7, 11) is 0. The Morgan fingerprint density at radius 2 is 1.76 bits per heavy atom. The van der Waals surface area contributed by atoms with Crippen LogP contribution in [0, 0.1) is 6.92 Å². The number of carbonyl (C=O) groups is 1. The fraction of sp³-hybridized carbons (Fsp3) is 0.222. The smallest absolute Gasteiger partial charge is 0.271 e. The lowest BCUT2D eigenvalue weighted by Crippen LogP contribution is -2.49. The molecule has 5 rings (SSSR count). The molecule has 0 aliphatic carbocycles. The number of aromatic nitrogens is 2. The van der Waals surface area contributed by atoms with E-state index < -0.39 is 0 Å². The molecule has 2 aromatic carbocycles. The third-order valence-electron chi connectivity index (χ3n) is 6.16. The van der Waals surface area contributed by atoms with Gasteiger partial charge in [-0.05, 0) is 18.1 Å². The summed E-state index contributed by atoms with van der Waals surface area (Å²) < 4.78 is 1.56. The van der Waals surface area contributed by atoms with Crippen LogP contribution in [0.3, 0.4) is 0 Å². The van der Waals surface area contributed by atoms with Crippen LogP contribution in [-0.2, 0) is 0 Å². The van der Waals surface area contributed by atoms with Crippen LogP contribution in [-0.4, -0.2) is 57.8 Å². The zero-order valence-corrected chi connectivity index (χ0v) is 19.9. The highest BCUT2D eigenvalue weighted by Crippen LogP contribution is 2.24. The summed E-state index contributed by atoms with van der Waals surface area (Å²) in [6.07, 6.45) is 5.70. The predicted molar refractivity (Wildman–Crippen MR) is 137 cm³/mol. The van der Waals surface area contributed by atoms with E-state index in [2.05, 4.69) is 34.2 Å². The number of hydrogen-bond acceptors (Lipinski definition) is 5. The maximum absolute atomic E-state index is 13.3. The Kier molecular flexibility index (Phi) is 6.38. The Hall–Kier alpha value is -3.55. The number of thiazole rings is 1. The summed E-state index contributed by atoms with van der Waals surface area (Å²) >= 11 is 1.40. The normalized spacial score (nSPS) is 14.8. The van der Waals surface area contributed by atoms with Crippen molar-refractivity contribution in [3.63, 3.8) is 0 Å². The van der Waals surface area contributed by atoms with E-state index >= 15 is 0 Å². The van der Waals surface area contributed by atoms with Crippen molar-refractivity contribution >= 4 is 28.3 Å². The minimum absolute atomic E-state index is 0.127. The average molecular weight is 471 g/mol. The monoisotopic (exact) mass is 470 g/mol. The summed E-state index contributed by atoms with van der Waals surface area (Å²) in [5, 5.41) is 1.92. The molecule has 0 N–H and O–H groups in total. The summed E-state index contributed by atoms with van der Waals surface area (Å²) in [6, 6.07) is 18.2. The van der Waals surface area contributed by atoms with Gasteiger partial charge >= 0.3 is 0 Å². The van der Waals surface area contributed by atoms with Crippen LogP contribution in [0.1, 0.15) is 21.5 Å². The van der Waals surface area contributed by atoms with Gasteiger partial charge in [0.2, 0.25) is 0 Å². The molecule has 172 valence electrons. The van der Waals surface area contributed by atoms with Crippen molar-refractivity contribution in [1.82, 2.24) is 19.2 Å². The van der Waals surface area contributed by atoms with Gasteiger partial charge in [-0.2, -0.15) is 0 Å². The molecule has 4 aromatic rings. The molecule has 1 aliphatic rings. The van der Waals surface area contributed by atoms with Crippen LogP contribution >= 0.6 is 11.3 Å². The fourth-order valence-electron chi connectivity index (χ4n) is 4.17. The van der Waals surface area contributed by atoms with Crippen molar-refractivity contribution in [1.29, 1.82) is 0 Å². The molecule has 1 fully saturated rings. The van der Waals surface area contributed by atoms with Gasteiger partial charge < -0.3 is 4.90 Å². The molecule has 0 radical (unpaired) electrons. The quantitative estimate of drug-likeness (QED) is 0.439. The molecule has 0 unspecified atom stereocenters. The first kappa shape index (κ1) is 22.3. The van der Waals surface area contributed by atoms with Crippen LogP contribution in [0.15, 0.2) is 77.0 Å². The Labute approximate surface area is 202 Å². The number of fused-ring (bicyclic) bond motifs is 1. The van der Waals surface area contributed by atoms with Gasteiger partial charge in [0.1, 0.15) is 5.56 Å². The highest BCUT2D eigenvalue weighted by Gasteiger charge is 2.25. The molecular formula is C27H26N4O2S. The van der Waals surface area contributed by atoms with Crippen molar-refractivity contribution in [3.8, 4) is 11.3 Å². The Morgan fingerprint density at radius 3 is 2.50 bits per heavy atom. The Morgan fingerprint density at radius 1 is 1.03 bits per heavy atom. The number of carbonyl (C=O) groups excluding carboxylic acids is 1. The molecule has 34 heavy (non-hydrogen) atoms. The zero-order valence-electron chi connectivity index (χ0n) is 19.1. The highest BCUT2D eigenvalue weighted by molar-refractivity contribution is 7.15. The van der Waals surface area contributed by atoms with Crippen molar-refractivity contribution in [2.24, 2.45) is 0 Å². The maximum Gasteiger partial charge on any atom is 0.271 e. The number of amides is 1. The van der Waals surface area contributed by atoms with E-state index in [0.29, 0.717) is 18.1 Å². The third-order valence-corrected chi connectivity index (χ3v) is 7.00. The summed E-state index contributed by atoms with van der Waals surface area (Å²) in [5.74, 6) is -0.243. The van der Waals surface area contributed by atoms with E-state index in [9.17, 15) is 9.59 Å². The molecule has 0 atom stereocenters. The molecule has 2 aromatic heterocycles. The van der Waals surface area contributed by atoms with E-state index in [0.717, 1.165) is 36.5 Å². The first-order valence-electron chi connectivity index (χ1n) is 11.4. The number of aryl methyl sites for hydroxylation is 1. The lowest BCUT2D eigenvalue weighted by atomic mass is 10.1. The van der Waals surface area contributed by atoms with Gasteiger partial charge in [-0.3, -0.25) is 18.9 Å². The molecule has 0 saturated carbocycles. The van der Waals surface area contributed by atoms with Crippen molar-refractivity contribution in [3.05, 3.63) is 99.3 Å². The minimum atomic E-state index is -0.306. The van der Waals surface area contributed by atoms with Gasteiger partial charge in [0.15, 0.2) is 4.96 Å². The minimum Gasteiger partial charge on any atom is -0.336 e. The second-order valence-corrected chi connectivity index (χ2v) is 9.32. The van der Waals surface area contributed by atoms with E-state index in [4.69, 9.17) is 0 Å². The van der Waals surface area contributed by atoms with E-state index in [1.165, 1.54) is 23.1 Å². The van der Waals surface area contributed by atoms with Gasteiger partial charge in [-0.25, -0.2) is 4.98 Å². The first-order valence-corrected chi connectivity index (χ1v) is 12.3. The van der Waals surface area contributed by atoms with Crippen molar-refractivity contribution < 1.29 is 4.79 Å². The van der Waals surface area contributed by atoms with E-state index in [1.54, 1.807) is 9.30 Å². The summed E-state index contributed by atoms with van der Waals surface area (Å²) in [4.78, 5) is 35.7. The largest absolute Gasteiger partial charge is 0.336 e. The molecule has 1 aliphatic heterocycles. The second kappa shape index (κ2) is 9.75. The van der Waals surface area contributed by atoms with E-state index in [1.807, 2.05) is 54.8 Å². The van der Waals surface area contributed by atoms with Crippen LogP contribution in [0.5, 0.6) is 0 Å². The van der Waals surface area contributed by atoms with Crippen molar-refractivity contribution in [2.75, 3.05) is 32.7 Å². The van der Waals surface area contributed by atoms with Gasteiger partial charge in [-0.1, -0.05) is 72.3 Å². The average Bonchev–Trinajstić information content (AvgIpc) is 3.31. The zero-order chi connectivity index (χ0) is 23.5. The first-order chi connectivity index (χ1) is 16.6. The number of nitrogens with zero attached hydrogens (tertiary/aromatic N) is 4. The maximum atomic E-state index is 13.3. The topological polar surface area (TPSA) is 57.9 Å². The van der Waals surface area contributed by atoms with Crippen molar-refractivity contribution in [2.45, 2.75) is 6.92 Å². The Balaban J connectivity index is 1.29. The fourth-order valence-corrected chi connectivity index (χ4v) is 5.03. The van der Waals surface area contributed by atoms with Gasteiger partial charge in [0, 0.05) is 44.3 Å². The second-order valence-electron chi connectivity index (χ2n) is 8.49. The van der Waals surface area contributed by atoms with Gasteiger partial charge in [0.05, 0.1) is 5.69 Å². The molecule has 0 spiro atoms. The Bertz CT molecular complexity index is 1380. The molecule has 6 nitrogen and oxygen atoms in total. The number of hydrogen-bond donors (Lipinski definition) is 0.